The van der Waals surface area contributed by atoms with Gasteiger partial charge in [-0.2, -0.15) is 0 Å². The van der Waals surface area contributed by atoms with Crippen LogP contribution >= 0.6 is 0 Å². The molecule has 1 fully saturated rings. The number of sulfone groups is 1. The van der Waals surface area contributed by atoms with Crippen molar-refractivity contribution in [2.75, 3.05) is 11.9 Å². The Morgan fingerprint density at radius 3 is 2.59 bits per heavy atom. The first-order valence-corrected chi connectivity index (χ1v) is 8.88. The van der Waals surface area contributed by atoms with Gasteiger partial charge in [0.15, 0.2) is 9.84 Å². The van der Waals surface area contributed by atoms with Crippen molar-refractivity contribution in [2.45, 2.75) is 36.7 Å². The minimum Gasteiger partial charge on any atom is -0.361 e. The molecule has 0 radical (unpaired) electrons. The fourth-order valence-electron chi connectivity index (χ4n) is 2.68. The van der Waals surface area contributed by atoms with E-state index in [9.17, 15) is 13.2 Å². The van der Waals surface area contributed by atoms with Gasteiger partial charge < -0.3 is 9.88 Å². The quantitative estimate of drug-likeness (QED) is 0.941. The van der Waals surface area contributed by atoms with Gasteiger partial charge in [-0.3, -0.25) is 4.79 Å². The number of hydrogen-bond donors (Lipinski definition) is 1. The molecule has 2 aromatic rings. The number of carbonyl (C=O) groups excluding carboxylic acids is 1. The SMILES string of the molecule is CN(C(=O)C(C)(C)S(=O)(=O)C1CC1)c1ccc2cc[nH]c2c1. The van der Waals surface area contributed by atoms with E-state index in [2.05, 4.69) is 4.98 Å². The molecule has 5 nitrogen and oxygen atoms in total. The van der Waals surface area contributed by atoms with Gasteiger partial charge >= 0.3 is 0 Å². The highest BCUT2D eigenvalue weighted by molar-refractivity contribution is 7.94. The van der Waals surface area contributed by atoms with Gasteiger partial charge in [-0.1, -0.05) is 6.07 Å². The molecule has 3 rings (SSSR count). The molecule has 0 unspecified atom stereocenters. The fraction of sp³-hybridized carbons (Fsp3) is 0.438. The van der Waals surface area contributed by atoms with Crippen molar-refractivity contribution in [1.82, 2.24) is 4.98 Å². The smallest absolute Gasteiger partial charge is 0.247 e. The van der Waals surface area contributed by atoms with Crippen molar-refractivity contribution < 1.29 is 13.2 Å². The zero-order chi connectivity index (χ0) is 16.1. The highest BCUT2D eigenvalue weighted by Crippen LogP contribution is 2.37. The van der Waals surface area contributed by atoms with E-state index in [0.717, 1.165) is 10.9 Å². The van der Waals surface area contributed by atoms with Crippen LogP contribution in [0.25, 0.3) is 10.9 Å². The van der Waals surface area contributed by atoms with Crippen LogP contribution in [-0.4, -0.2) is 36.4 Å². The Morgan fingerprint density at radius 2 is 1.95 bits per heavy atom. The van der Waals surface area contributed by atoms with E-state index >= 15 is 0 Å². The van der Waals surface area contributed by atoms with Crippen LogP contribution in [0.1, 0.15) is 26.7 Å². The summed E-state index contributed by atoms with van der Waals surface area (Å²) in [6.45, 7) is 3.01. The lowest BCUT2D eigenvalue weighted by molar-refractivity contribution is -0.120. The number of rotatable bonds is 4. The van der Waals surface area contributed by atoms with Gasteiger partial charge in [0.05, 0.1) is 5.25 Å². The third-order valence-corrected chi connectivity index (χ3v) is 7.37. The standard InChI is InChI=1S/C16H20N2O3S/c1-16(2,22(20,21)13-6-7-13)15(19)18(3)12-5-4-11-8-9-17-14(11)10-12/h4-5,8-10,13,17H,6-7H2,1-3H3. The Morgan fingerprint density at radius 1 is 1.27 bits per heavy atom. The van der Waals surface area contributed by atoms with Crippen molar-refractivity contribution >= 4 is 32.3 Å². The van der Waals surface area contributed by atoms with Crippen LogP contribution in [0.4, 0.5) is 5.69 Å². The summed E-state index contributed by atoms with van der Waals surface area (Å²) in [6.07, 6.45) is 3.16. The van der Waals surface area contributed by atoms with E-state index in [0.29, 0.717) is 18.5 Å². The number of nitrogens with one attached hydrogen (secondary N) is 1. The average Bonchev–Trinajstić information content (AvgIpc) is 3.24. The molecule has 1 aliphatic carbocycles. The largest absolute Gasteiger partial charge is 0.361 e. The predicted molar refractivity (Wildman–Crippen MR) is 87.7 cm³/mol. The summed E-state index contributed by atoms with van der Waals surface area (Å²) in [6, 6.07) is 7.54. The fourth-order valence-corrected chi connectivity index (χ4v) is 4.65. The van der Waals surface area contributed by atoms with Crippen molar-refractivity contribution in [1.29, 1.82) is 0 Å². The molecule has 1 aromatic heterocycles. The van der Waals surface area contributed by atoms with Crippen molar-refractivity contribution in [3.05, 3.63) is 30.5 Å². The molecule has 1 N–H and O–H groups in total. The Hall–Kier alpha value is -1.82. The molecule has 6 heteroatoms. The molecule has 0 aliphatic heterocycles. The third-order valence-electron chi connectivity index (χ3n) is 4.42. The highest BCUT2D eigenvalue weighted by atomic mass is 32.2. The van der Waals surface area contributed by atoms with Gasteiger partial charge in [-0.25, -0.2) is 8.42 Å². The Balaban J connectivity index is 1.93. The lowest BCUT2D eigenvalue weighted by Gasteiger charge is -2.29. The second-order valence-electron chi connectivity index (χ2n) is 6.37. The van der Waals surface area contributed by atoms with E-state index in [1.807, 2.05) is 30.5 Å². The molecule has 1 aromatic carbocycles. The molecule has 0 spiro atoms. The topological polar surface area (TPSA) is 70.2 Å². The number of anilines is 1. The molecule has 0 bridgehead atoms. The predicted octanol–water partition coefficient (Wildman–Crippen LogP) is 2.49. The van der Waals surface area contributed by atoms with E-state index in [1.54, 1.807) is 7.05 Å². The lowest BCUT2D eigenvalue weighted by Crippen LogP contribution is -2.50. The molecule has 1 saturated carbocycles. The minimum absolute atomic E-state index is 0.356. The number of hydrogen-bond acceptors (Lipinski definition) is 3. The van der Waals surface area contributed by atoms with Gasteiger partial charge in [0.25, 0.3) is 0 Å². The Labute approximate surface area is 130 Å². The number of aromatic amines is 1. The molecule has 0 saturated heterocycles. The molecule has 118 valence electrons. The van der Waals surface area contributed by atoms with E-state index in [1.165, 1.54) is 18.7 Å². The molecule has 1 aliphatic rings. The van der Waals surface area contributed by atoms with E-state index in [-0.39, 0.29) is 5.25 Å². The van der Waals surface area contributed by atoms with Crippen molar-refractivity contribution in [3.8, 4) is 0 Å². The first kappa shape index (κ1) is 15.1. The molecule has 0 atom stereocenters. The van der Waals surface area contributed by atoms with Gasteiger partial charge in [0.1, 0.15) is 4.75 Å². The number of aromatic nitrogens is 1. The summed E-state index contributed by atoms with van der Waals surface area (Å²) in [5, 5.41) is 0.695. The summed E-state index contributed by atoms with van der Waals surface area (Å²) in [7, 11) is -1.83. The Kier molecular flexibility index (Phi) is 3.32. The van der Waals surface area contributed by atoms with Crippen LogP contribution in [0.3, 0.4) is 0 Å². The maximum atomic E-state index is 12.8. The summed E-state index contributed by atoms with van der Waals surface area (Å²) in [5.41, 5.74) is 1.60. The number of H-pyrrole nitrogens is 1. The maximum absolute atomic E-state index is 12.8. The van der Waals surface area contributed by atoms with Crippen molar-refractivity contribution in [3.63, 3.8) is 0 Å². The van der Waals surface area contributed by atoms with E-state index in [4.69, 9.17) is 0 Å². The monoisotopic (exact) mass is 320 g/mol. The normalized spacial score (nSPS) is 16.0. The lowest BCUT2D eigenvalue weighted by atomic mass is 10.1. The van der Waals surface area contributed by atoms with Crippen molar-refractivity contribution in [2.24, 2.45) is 0 Å². The van der Waals surface area contributed by atoms with Gasteiger partial charge in [0.2, 0.25) is 5.91 Å². The number of amides is 1. The van der Waals surface area contributed by atoms with Crippen LogP contribution in [0, 0.1) is 0 Å². The minimum atomic E-state index is -3.45. The molecular formula is C16H20N2O3S. The first-order chi connectivity index (χ1) is 10.2. The summed E-state index contributed by atoms with van der Waals surface area (Å²) < 4.78 is 23.6. The molecule has 1 heterocycles. The maximum Gasteiger partial charge on any atom is 0.247 e. The highest BCUT2D eigenvalue weighted by Gasteiger charge is 2.51. The van der Waals surface area contributed by atoms with Crippen LogP contribution in [0.2, 0.25) is 0 Å². The zero-order valence-corrected chi connectivity index (χ0v) is 13.8. The van der Waals surface area contributed by atoms with Gasteiger partial charge in [-0.15, -0.1) is 0 Å². The molecule has 1 amide bonds. The summed E-state index contributed by atoms with van der Waals surface area (Å²) >= 11 is 0. The number of nitrogens with zero attached hydrogens (tertiary/aromatic N) is 1. The van der Waals surface area contributed by atoms with Crippen LogP contribution in [0.5, 0.6) is 0 Å². The number of benzene rings is 1. The van der Waals surface area contributed by atoms with Gasteiger partial charge in [0, 0.05) is 24.4 Å². The molecular weight excluding hydrogens is 300 g/mol. The van der Waals surface area contributed by atoms with E-state index < -0.39 is 20.5 Å². The number of carbonyl (C=O) groups is 1. The average molecular weight is 320 g/mol. The zero-order valence-electron chi connectivity index (χ0n) is 13.0. The van der Waals surface area contributed by atoms with Crippen LogP contribution in [-0.2, 0) is 14.6 Å². The second-order valence-corrected chi connectivity index (χ2v) is 9.15. The first-order valence-electron chi connectivity index (χ1n) is 7.34. The Bertz CT molecular complexity index is 832. The third kappa shape index (κ3) is 2.22. The van der Waals surface area contributed by atoms with Crippen LogP contribution in [0.15, 0.2) is 30.5 Å². The summed E-state index contributed by atoms with van der Waals surface area (Å²) in [4.78, 5) is 17.3. The number of fused-ring (bicyclic) bond motifs is 1. The molecule has 22 heavy (non-hydrogen) atoms. The van der Waals surface area contributed by atoms with Gasteiger partial charge in [-0.05, 0) is 50.3 Å². The summed E-state index contributed by atoms with van der Waals surface area (Å²) in [5.74, 6) is -0.398. The second kappa shape index (κ2) is 4.84. The van der Waals surface area contributed by atoms with Crippen LogP contribution < -0.4 is 4.90 Å².